The Hall–Kier alpha value is -1.33. The van der Waals surface area contributed by atoms with Crippen LogP contribution in [0, 0.1) is 13.8 Å². The predicted octanol–water partition coefficient (Wildman–Crippen LogP) is 1.75. The fraction of sp³-hybridized carbons (Fsp3) is 0.643. The van der Waals surface area contributed by atoms with Gasteiger partial charge in [0.15, 0.2) is 5.79 Å². The van der Waals surface area contributed by atoms with Gasteiger partial charge in [0.25, 0.3) is 0 Å². The molecule has 0 spiro atoms. The van der Waals surface area contributed by atoms with E-state index in [0.29, 0.717) is 13.2 Å². The van der Waals surface area contributed by atoms with Crippen molar-refractivity contribution in [1.29, 1.82) is 0 Å². The van der Waals surface area contributed by atoms with Crippen molar-refractivity contribution < 1.29 is 24.1 Å². The first-order valence-corrected chi connectivity index (χ1v) is 6.55. The third-order valence-electron chi connectivity index (χ3n) is 3.39. The number of nitrogens with zero attached hydrogens (tertiary/aromatic N) is 1. The minimum Gasteiger partial charge on any atom is -0.493 e. The van der Waals surface area contributed by atoms with Crippen molar-refractivity contribution >= 4 is 0 Å². The van der Waals surface area contributed by atoms with Gasteiger partial charge in [-0.05, 0) is 20.8 Å². The van der Waals surface area contributed by atoms with Crippen molar-refractivity contribution in [1.82, 2.24) is 0 Å². The Kier molecular flexibility index (Phi) is 3.96. The van der Waals surface area contributed by atoms with E-state index in [1.54, 1.807) is 12.3 Å². The fourth-order valence-corrected chi connectivity index (χ4v) is 2.09. The summed E-state index contributed by atoms with van der Waals surface area (Å²) in [5, 5.41) is 9.50. The molecule has 5 heteroatoms. The molecular weight excluding hydrogens is 246 g/mol. The van der Waals surface area contributed by atoms with Gasteiger partial charge in [-0.1, -0.05) is 0 Å². The highest BCUT2D eigenvalue weighted by Crippen LogP contribution is 2.24. The number of hydrogen-bond donors (Lipinski definition) is 1. The second-order valence-corrected chi connectivity index (χ2v) is 5.32. The number of ether oxygens (including phenoxy) is 3. The number of aromatic nitrogens is 1. The van der Waals surface area contributed by atoms with Crippen molar-refractivity contribution in [3.05, 3.63) is 23.5 Å². The molecule has 0 amide bonds. The van der Waals surface area contributed by atoms with E-state index in [2.05, 4.69) is 0 Å². The summed E-state index contributed by atoms with van der Waals surface area (Å²) in [6.45, 7) is 8.78. The summed E-state index contributed by atoms with van der Waals surface area (Å²) in [5.74, 6) is 0.313. The van der Waals surface area contributed by atoms with Crippen molar-refractivity contribution in [3.8, 4) is 5.75 Å². The summed E-state index contributed by atoms with van der Waals surface area (Å²) < 4.78 is 18.1. The molecule has 1 aromatic rings. The maximum atomic E-state index is 9.50. The van der Waals surface area contributed by atoms with Gasteiger partial charge in [-0.3, -0.25) is 5.21 Å². The Balaban J connectivity index is 1.85. The first-order chi connectivity index (χ1) is 8.89. The molecule has 1 N–H and O–H groups in total. The fourth-order valence-electron chi connectivity index (χ4n) is 2.09. The van der Waals surface area contributed by atoms with Crippen molar-refractivity contribution in [2.45, 2.75) is 46.0 Å². The van der Waals surface area contributed by atoms with Crippen LogP contribution in [-0.2, 0) is 9.47 Å². The van der Waals surface area contributed by atoms with E-state index in [4.69, 9.17) is 14.2 Å². The van der Waals surface area contributed by atoms with Gasteiger partial charge in [0.1, 0.15) is 5.75 Å². The van der Waals surface area contributed by atoms with Crippen LogP contribution in [0.3, 0.4) is 0 Å². The van der Waals surface area contributed by atoms with Crippen LogP contribution < -0.4 is 9.47 Å². The molecule has 0 aliphatic carbocycles. The predicted molar refractivity (Wildman–Crippen MR) is 68.3 cm³/mol. The third kappa shape index (κ3) is 3.36. The van der Waals surface area contributed by atoms with E-state index in [1.165, 1.54) is 0 Å². The van der Waals surface area contributed by atoms with Crippen molar-refractivity contribution in [3.63, 3.8) is 0 Å². The topological polar surface area (TPSA) is 51.8 Å². The van der Waals surface area contributed by atoms with Crippen LogP contribution in [0.1, 0.15) is 31.5 Å². The molecule has 106 valence electrons. The number of rotatable bonds is 4. The Morgan fingerprint density at radius 3 is 2.84 bits per heavy atom. The van der Waals surface area contributed by atoms with Gasteiger partial charge in [-0.2, -0.15) is 0 Å². The summed E-state index contributed by atoms with van der Waals surface area (Å²) in [7, 11) is 0. The second kappa shape index (κ2) is 5.35. The van der Waals surface area contributed by atoms with E-state index in [9.17, 15) is 5.21 Å². The van der Waals surface area contributed by atoms with Gasteiger partial charge >= 0.3 is 0 Å². The van der Waals surface area contributed by atoms with E-state index >= 15 is 0 Å². The van der Waals surface area contributed by atoms with Crippen LogP contribution in [0.15, 0.2) is 12.3 Å². The van der Waals surface area contributed by atoms with Crippen LogP contribution in [-0.4, -0.2) is 30.3 Å². The average Bonchev–Trinajstić information content (AvgIpc) is 2.69. The van der Waals surface area contributed by atoms with E-state index in [1.807, 2.05) is 27.7 Å². The zero-order valence-corrected chi connectivity index (χ0v) is 12.0. The minimum absolute atomic E-state index is 0.0860. The molecule has 1 fully saturated rings. The Bertz CT molecular complexity index is 459. The molecule has 1 aliphatic rings. The van der Waals surface area contributed by atoms with Gasteiger partial charge in [0.2, 0.25) is 11.9 Å². The highest BCUT2D eigenvalue weighted by Gasteiger charge is 2.32. The molecule has 1 saturated heterocycles. The zero-order chi connectivity index (χ0) is 14.0. The molecule has 1 unspecified atom stereocenters. The van der Waals surface area contributed by atoms with Gasteiger partial charge in [-0.15, -0.1) is 0 Å². The quantitative estimate of drug-likeness (QED) is 0.667. The molecule has 19 heavy (non-hydrogen) atoms. The Labute approximate surface area is 113 Å². The van der Waals surface area contributed by atoms with Crippen LogP contribution in [0.25, 0.3) is 0 Å². The second-order valence-electron chi connectivity index (χ2n) is 5.32. The lowest BCUT2D eigenvalue weighted by Gasteiger charge is -2.17. The largest absolute Gasteiger partial charge is 0.493 e. The molecule has 0 radical (unpaired) electrons. The summed E-state index contributed by atoms with van der Waals surface area (Å²) in [4.78, 5) is 0. The zero-order valence-electron chi connectivity index (χ0n) is 12.0. The SMILES string of the molecule is Cc1c(OCCC2COC(C)(C)O2)cc[n+](O)c1C. The molecule has 0 saturated carbocycles. The normalized spacial score (nSPS) is 21.6. The van der Waals surface area contributed by atoms with E-state index < -0.39 is 5.79 Å². The molecule has 2 rings (SSSR count). The molecule has 2 heterocycles. The van der Waals surface area contributed by atoms with Crippen LogP contribution in [0.5, 0.6) is 5.75 Å². The lowest BCUT2D eigenvalue weighted by atomic mass is 10.2. The summed E-state index contributed by atoms with van der Waals surface area (Å²) >= 11 is 0. The molecule has 1 aliphatic heterocycles. The standard InChI is InChI=1S/C14H22NO4/c1-10-11(2)15(16)7-5-13(10)17-8-6-12-9-18-14(3,4)19-12/h5,7,12,16H,6,8-9H2,1-4H3/q+1. The summed E-state index contributed by atoms with van der Waals surface area (Å²) in [6.07, 6.45) is 2.45. The summed E-state index contributed by atoms with van der Waals surface area (Å²) in [5.41, 5.74) is 1.72. The smallest absolute Gasteiger partial charge is 0.237 e. The monoisotopic (exact) mass is 268 g/mol. The van der Waals surface area contributed by atoms with Gasteiger partial charge < -0.3 is 14.2 Å². The average molecular weight is 268 g/mol. The lowest BCUT2D eigenvalue weighted by Crippen LogP contribution is -2.34. The number of hydrogen-bond acceptors (Lipinski definition) is 4. The molecular formula is C14H22NO4+. The maximum absolute atomic E-state index is 9.50. The first kappa shape index (κ1) is 14.1. The Morgan fingerprint density at radius 1 is 1.47 bits per heavy atom. The Morgan fingerprint density at radius 2 is 2.21 bits per heavy atom. The van der Waals surface area contributed by atoms with E-state index in [0.717, 1.165) is 28.2 Å². The van der Waals surface area contributed by atoms with Crippen LogP contribution in [0.2, 0.25) is 0 Å². The highest BCUT2D eigenvalue weighted by atomic mass is 16.7. The van der Waals surface area contributed by atoms with Gasteiger partial charge in [0.05, 0.1) is 24.9 Å². The van der Waals surface area contributed by atoms with Crippen molar-refractivity contribution in [2.24, 2.45) is 0 Å². The summed E-state index contributed by atoms with van der Waals surface area (Å²) in [6, 6.07) is 1.76. The van der Waals surface area contributed by atoms with E-state index in [-0.39, 0.29) is 6.10 Å². The highest BCUT2D eigenvalue weighted by molar-refractivity contribution is 5.31. The minimum atomic E-state index is -0.480. The van der Waals surface area contributed by atoms with Crippen molar-refractivity contribution in [2.75, 3.05) is 13.2 Å². The maximum Gasteiger partial charge on any atom is 0.237 e. The van der Waals surface area contributed by atoms with Gasteiger partial charge in [-0.25, -0.2) is 0 Å². The molecule has 1 atom stereocenters. The lowest BCUT2D eigenvalue weighted by molar-refractivity contribution is -0.909. The van der Waals surface area contributed by atoms with Gasteiger partial charge in [0, 0.05) is 24.1 Å². The molecule has 0 aromatic carbocycles. The number of pyridine rings is 1. The first-order valence-electron chi connectivity index (χ1n) is 6.55. The molecule has 0 bridgehead atoms. The third-order valence-corrected chi connectivity index (χ3v) is 3.39. The molecule has 1 aromatic heterocycles. The molecule has 5 nitrogen and oxygen atoms in total. The van der Waals surface area contributed by atoms with Crippen LogP contribution >= 0.6 is 0 Å². The van der Waals surface area contributed by atoms with Crippen LogP contribution in [0.4, 0.5) is 0 Å².